The monoisotopic (exact) mass is 143 g/mol. The van der Waals surface area contributed by atoms with Gasteiger partial charge in [0, 0.05) is 5.56 Å². The molecule has 0 radical (unpaired) electrons. The van der Waals surface area contributed by atoms with Gasteiger partial charge in [-0.3, -0.25) is 0 Å². The SMILES string of the molecule is CC.CC.Cc1cnoc1. The number of rotatable bonds is 0. The van der Waals surface area contributed by atoms with Gasteiger partial charge in [-0.25, -0.2) is 0 Å². The minimum atomic E-state index is 1.06. The van der Waals surface area contributed by atoms with Gasteiger partial charge in [-0.05, 0) is 6.92 Å². The van der Waals surface area contributed by atoms with E-state index in [1.165, 1.54) is 0 Å². The Hall–Kier alpha value is -0.790. The maximum absolute atomic E-state index is 4.46. The molecule has 1 heterocycles. The Labute approximate surface area is 63.2 Å². The minimum absolute atomic E-state index is 1.06. The van der Waals surface area contributed by atoms with Gasteiger partial charge < -0.3 is 4.52 Å². The van der Waals surface area contributed by atoms with E-state index in [9.17, 15) is 0 Å². The molecule has 0 N–H and O–H groups in total. The molecule has 0 bridgehead atoms. The highest BCUT2D eigenvalue weighted by Gasteiger charge is 1.77. The summed E-state index contributed by atoms with van der Waals surface area (Å²) in [5.41, 5.74) is 1.06. The van der Waals surface area contributed by atoms with Crippen LogP contribution in [0.4, 0.5) is 0 Å². The van der Waals surface area contributed by atoms with Crippen LogP contribution >= 0.6 is 0 Å². The van der Waals surface area contributed by atoms with Crippen LogP contribution in [0.15, 0.2) is 17.0 Å². The molecule has 0 amide bonds. The summed E-state index contributed by atoms with van der Waals surface area (Å²) in [4.78, 5) is 0. The molecule has 0 fully saturated rings. The normalized spacial score (nSPS) is 6.50. The van der Waals surface area contributed by atoms with Crippen molar-refractivity contribution < 1.29 is 4.52 Å². The average molecular weight is 143 g/mol. The molecule has 10 heavy (non-hydrogen) atoms. The first kappa shape index (κ1) is 11.9. The van der Waals surface area contributed by atoms with Crippen molar-refractivity contribution in [2.75, 3.05) is 0 Å². The molecule has 0 unspecified atom stereocenters. The van der Waals surface area contributed by atoms with Crippen LogP contribution < -0.4 is 0 Å². The molecule has 0 atom stereocenters. The van der Waals surface area contributed by atoms with Crippen LogP contribution in [0.1, 0.15) is 33.3 Å². The molecule has 60 valence electrons. The first-order chi connectivity index (χ1) is 4.89. The Bertz CT molecular complexity index is 113. The fraction of sp³-hybridized carbons (Fsp3) is 0.625. The van der Waals surface area contributed by atoms with Gasteiger partial charge in [0.1, 0.15) is 6.26 Å². The number of aryl methyl sites for hydroxylation is 1. The Kier molecular flexibility index (Phi) is 13.2. The molecule has 0 aliphatic heterocycles. The summed E-state index contributed by atoms with van der Waals surface area (Å²) in [6.07, 6.45) is 3.26. The Balaban J connectivity index is 0. The predicted octanol–water partition coefficient (Wildman–Crippen LogP) is 3.04. The van der Waals surface area contributed by atoms with Crippen molar-refractivity contribution in [3.8, 4) is 0 Å². The first-order valence-corrected chi connectivity index (χ1v) is 3.75. The topological polar surface area (TPSA) is 26.0 Å². The average Bonchev–Trinajstić information content (AvgIpc) is 2.48. The maximum atomic E-state index is 4.46. The van der Waals surface area contributed by atoms with Gasteiger partial charge in [0.2, 0.25) is 0 Å². The summed E-state index contributed by atoms with van der Waals surface area (Å²) >= 11 is 0. The van der Waals surface area contributed by atoms with Crippen LogP contribution in [0.25, 0.3) is 0 Å². The van der Waals surface area contributed by atoms with E-state index < -0.39 is 0 Å². The van der Waals surface area contributed by atoms with Gasteiger partial charge in [0.05, 0.1) is 6.20 Å². The quantitative estimate of drug-likeness (QED) is 0.558. The number of hydrogen-bond donors (Lipinski definition) is 0. The lowest BCUT2D eigenvalue weighted by molar-refractivity contribution is 0.419. The Morgan fingerprint density at radius 1 is 1.20 bits per heavy atom. The second-order valence-electron chi connectivity index (χ2n) is 1.20. The lowest BCUT2D eigenvalue weighted by Gasteiger charge is -1.60. The highest BCUT2D eigenvalue weighted by Crippen LogP contribution is 1.88. The van der Waals surface area contributed by atoms with Crippen molar-refractivity contribution in [1.29, 1.82) is 0 Å². The summed E-state index contributed by atoms with van der Waals surface area (Å²) < 4.78 is 4.46. The number of hydrogen-bond acceptors (Lipinski definition) is 2. The third kappa shape index (κ3) is 7.21. The van der Waals surface area contributed by atoms with Crippen LogP contribution in [0, 0.1) is 6.92 Å². The lowest BCUT2D eigenvalue weighted by Crippen LogP contribution is -1.50. The fourth-order valence-corrected chi connectivity index (χ4v) is 0.258. The van der Waals surface area contributed by atoms with Crippen LogP contribution in [0.2, 0.25) is 0 Å². The van der Waals surface area contributed by atoms with Crippen molar-refractivity contribution in [2.45, 2.75) is 34.6 Å². The number of aromatic nitrogens is 1. The van der Waals surface area contributed by atoms with E-state index >= 15 is 0 Å². The van der Waals surface area contributed by atoms with Gasteiger partial charge in [0.25, 0.3) is 0 Å². The van der Waals surface area contributed by atoms with Crippen molar-refractivity contribution in [1.82, 2.24) is 5.16 Å². The standard InChI is InChI=1S/C4H5NO.2C2H6/c1-4-2-5-6-3-4;2*1-2/h2-3H,1H3;2*1-2H3. The molecule has 2 nitrogen and oxygen atoms in total. The summed E-state index contributed by atoms with van der Waals surface area (Å²) in [5.74, 6) is 0. The second-order valence-corrected chi connectivity index (χ2v) is 1.20. The third-order valence-corrected chi connectivity index (χ3v) is 0.556. The van der Waals surface area contributed by atoms with Crippen molar-refractivity contribution in [2.24, 2.45) is 0 Å². The fourth-order valence-electron chi connectivity index (χ4n) is 0.258. The van der Waals surface area contributed by atoms with Gasteiger partial charge in [-0.1, -0.05) is 32.9 Å². The Morgan fingerprint density at radius 3 is 1.80 bits per heavy atom. The van der Waals surface area contributed by atoms with E-state index in [2.05, 4.69) is 9.68 Å². The zero-order valence-electron chi connectivity index (χ0n) is 7.51. The zero-order chi connectivity index (χ0) is 8.41. The molecule has 0 aromatic carbocycles. The largest absolute Gasteiger partial charge is 0.365 e. The molecule has 0 saturated carbocycles. The van der Waals surface area contributed by atoms with Crippen LogP contribution in [0.5, 0.6) is 0 Å². The zero-order valence-corrected chi connectivity index (χ0v) is 7.51. The minimum Gasteiger partial charge on any atom is -0.365 e. The molecule has 2 heteroatoms. The van der Waals surface area contributed by atoms with Gasteiger partial charge in [-0.15, -0.1) is 0 Å². The third-order valence-electron chi connectivity index (χ3n) is 0.556. The van der Waals surface area contributed by atoms with Gasteiger partial charge in [0.15, 0.2) is 0 Å². The molecule has 1 aromatic heterocycles. The van der Waals surface area contributed by atoms with E-state index in [4.69, 9.17) is 0 Å². The summed E-state index contributed by atoms with van der Waals surface area (Å²) in [7, 11) is 0. The van der Waals surface area contributed by atoms with E-state index in [0.29, 0.717) is 0 Å². The molecule has 0 saturated heterocycles. The highest BCUT2D eigenvalue weighted by molar-refractivity contribution is 4.94. The molecule has 0 aliphatic carbocycles. The summed E-state index contributed by atoms with van der Waals surface area (Å²) in [5, 5.41) is 3.45. The molecular weight excluding hydrogens is 126 g/mol. The van der Waals surface area contributed by atoms with Gasteiger partial charge in [-0.2, -0.15) is 0 Å². The molecule has 0 aliphatic rings. The molecular formula is C8H17NO. The molecule has 1 aromatic rings. The van der Waals surface area contributed by atoms with Crippen LogP contribution in [-0.4, -0.2) is 5.16 Å². The van der Waals surface area contributed by atoms with Crippen molar-refractivity contribution >= 4 is 0 Å². The summed E-state index contributed by atoms with van der Waals surface area (Å²) in [6.45, 7) is 9.93. The predicted molar refractivity (Wildman–Crippen MR) is 43.9 cm³/mol. The number of nitrogens with zero attached hydrogens (tertiary/aromatic N) is 1. The van der Waals surface area contributed by atoms with Crippen molar-refractivity contribution in [3.63, 3.8) is 0 Å². The maximum Gasteiger partial charge on any atom is 0.126 e. The van der Waals surface area contributed by atoms with Crippen LogP contribution in [0.3, 0.4) is 0 Å². The first-order valence-electron chi connectivity index (χ1n) is 3.75. The van der Waals surface area contributed by atoms with Crippen LogP contribution in [-0.2, 0) is 0 Å². The summed E-state index contributed by atoms with van der Waals surface area (Å²) in [6, 6.07) is 0. The second kappa shape index (κ2) is 11.1. The van der Waals surface area contributed by atoms with Gasteiger partial charge >= 0.3 is 0 Å². The van der Waals surface area contributed by atoms with E-state index in [1.807, 2.05) is 34.6 Å². The van der Waals surface area contributed by atoms with Crippen molar-refractivity contribution in [3.05, 3.63) is 18.0 Å². The van der Waals surface area contributed by atoms with E-state index in [1.54, 1.807) is 12.5 Å². The molecule has 0 spiro atoms. The van der Waals surface area contributed by atoms with E-state index in [0.717, 1.165) is 5.56 Å². The lowest BCUT2D eigenvalue weighted by atomic mass is 10.4. The highest BCUT2D eigenvalue weighted by atomic mass is 16.5. The smallest absolute Gasteiger partial charge is 0.126 e. The van der Waals surface area contributed by atoms with E-state index in [-0.39, 0.29) is 0 Å². The Morgan fingerprint density at radius 2 is 1.70 bits per heavy atom. The molecule has 1 rings (SSSR count).